The lowest BCUT2D eigenvalue weighted by atomic mass is 9.97. The highest BCUT2D eigenvalue weighted by Crippen LogP contribution is 2.26. The van der Waals surface area contributed by atoms with Crippen molar-refractivity contribution < 1.29 is 9.72 Å². The number of likely N-dealkylation sites (tertiary alicyclic amines) is 1. The molecule has 1 saturated heterocycles. The van der Waals surface area contributed by atoms with E-state index in [-0.39, 0.29) is 16.6 Å². The number of halogens is 1. The number of aromatic nitrogens is 3. The second kappa shape index (κ2) is 6.96. The van der Waals surface area contributed by atoms with Crippen molar-refractivity contribution in [1.82, 2.24) is 19.9 Å². The van der Waals surface area contributed by atoms with E-state index in [9.17, 15) is 14.9 Å². The minimum Gasteiger partial charge on any atom is -0.338 e. The van der Waals surface area contributed by atoms with E-state index in [0.717, 1.165) is 12.8 Å². The molecular weight excluding hydrogens is 334 g/mol. The van der Waals surface area contributed by atoms with Gasteiger partial charge in [-0.05, 0) is 30.9 Å². The Hall–Kier alpha value is -2.48. The molecule has 0 saturated carbocycles. The Morgan fingerprint density at radius 2 is 2.29 bits per heavy atom. The molecule has 2 aromatic rings. The standard InChI is InChI=1S/C15H16ClN5O3/c16-13-8-12(3-4-14(13)21(23)24)15(22)19-6-1-2-11(9-19)10-20-7-5-17-18-20/h3-5,7-8,11H,1-2,6,9-10H2/t11-/m1/s1. The van der Waals surface area contributed by atoms with Crippen molar-refractivity contribution in [1.29, 1.82) is 0 Å². The van der Waals surface area contributed by atoms with Crippen molar-refractivity contribution in [3.8, 4) is 0 Å². The molecule has 1 amide bonds. The molecule has 0 N–H and O–H groups in total. The van der Waals surface area contributed by atoms with Gasteiger partial charge in [0.1, 0.15) is 5.02 Å². The van der Waals surface area contributed by atoms with Crippen molar-refractivity contribution in [2.45, 2.75) is 19.4 Å². The maximum Gasteiger partial charge on any atom is 0.287 e. The Kier molecular flexibility index (Phi) is 4.75. The average Bonchev–Trinajstić information content (AvgIpc) is 3.07. The molecule has 126 valence electrons. The summed E-state index contributed by atoms with van der Waals surface area (Å²) >= 11 is 5.90. The molecule has 0 bridgehead atoms. The molecule has 0 spiro atoms. The van der Waals surface area contributed by atoms with Crippen LogP contribution in [0.3, 0.4) is 0 Å². The number of piperidine rings is 1. The van der Waals surface area contributed by atoms with Gasteiger partial charge >= 0.3 is 0 Å². The van der Waals surface area contributed by atoms with Crippen LogP contribution >= 0.6 is 11.6 Å². The fraction of sp³-hybridized carbons (Fsp3) is 0.400. The third-order valence-electron chi connectivity index (χ3n) is 4.11. The summed E-state index contributed by atoms with van der Waals surface area (Å²) in [5, 5.41) is 18.5. The first kappa shape index (κ1) is 16.4. The summed E-state index contributed by atoms with van der Waals surface area (Å²) in [6, 6.07) is 4.09. The van der Waals surface area contributed by atoms with E-state index in [1.54, 1.807) is 22.0 Å². The van der Waals surface area contributed by atoms with Crippen LogP contribution in [0, 0.1) is 16.0 Å². The van der Waals surface area contributed by atoms with Gasteiger partial charge < -0.3 is 4.90 Å². The second-order valence-electron chi connectivity index (χ2n) is 5.81. The van der Waals surface area contributed by atoms with Crippen molar-refractivity contribution in [2.24, 2.45) is 5.92 Å². The van der Waals surface area contributed by atoms with Crippen molar-refractivity contribution >= 4 is 23.2 Å². The zero-order valence-corrected chi connectivity index (χ0v) is 13.6. The largest absolute Gasteiger partial charge is 0.338 e. The summed E-state index contributed by atoms with van der Waals surface area (Å²) in [4.78, 5) is 24.7. The lowest BCUT2D eigenvalue weighted by molar-refractivity contribution is -0.384. The van der Waals surface area contributed by atoms with Gasteiger partial charge in [0.15, 0.2) is 0 Å². The fourth-order valence-corrected chi connectivity index (χ4v) is 3.21. The number of benzene rings is 1. The third kappa shape index (κ3) is 3.53. The van der Waals surface area contributed by atoms with Crippen LogP contribution < -0.4 is 0 Å². The summed E-state index contributed by atoms with van der Waals surface area (Å²) in [7, 11) is 0. The van der Waals surface area contributed by atoms with Crippen molar-refractivity contribution in [3.63, 3.8) is 0 Å². The van der Waals surface area contributed by atoms with Crippen LogP contribution in [-0.2, 0) is 6.54 Å². The number of carbonyl (C=O) groups excluding carboxylic acids is 1. The quantitative estimate of drug-likeness (QED) is 0.624. The normalized spacial score (nSPS) is 17.7. The molecule has 24 heavy (non-hydrogen) atoms. The number of amides is 1. The van der Waals surface area contributed by atoms with Crippen LogP contribution in [0.5, 0.6) is 0 Å². The van der Waals surface area contributed by atoms with Gasteiger partial charge in [-0.1, -0.05) is 16.8 Å². The molecule has 9 heteroatoms. The molecular formula is C15H16ClN5O3. The summed E-state index contributed by atoms with van der Waals surface area (Å²) in [5.74, 6) is 0.146. The molecule has 3 rings (SSSR count). The zero-order valence-electron chi connectivity index (χ0n) is 12.8. The third-order valence-corrected chi connectivity index (χ3v) is 4.42. The molecule has 0 aliphatic carbocycles. The first-order valence-corrected chi connectivity index (χ1v) is 7.99. The molecule has 0 radical (unpaired) electrons. The molecule has 1 aliphatic heterocycles. The average molecular weight is 350 g/mol. The lowest BCUT2D eigenvalue weighted by Crippen LogP contribution is -2.41. The number of nitrogens with zero attached hydrogens (tertiary/aromatic N) is 5. The number of rotatable bonds is 4. The summed E-state index contributed by atoms with van der Waals surface area (Å²) in [6.45, 7) is 2.00. The van der Waals surface area contributed by atoms with Gasteiger partial charge in [-0.15, -0.1) is 5.10 Å². The van der Waals surface area contributed by atoms with E-state index in [2.05, 4.69) is 10.3 Å². The van der Waals surface area contributed by atoms with Gasteiger partial charge in [0.25, 0.3) is 11.6 Å². The Balaban J connectivity index is 1.70. The molecule has 8 nitrogen and oxygen atoms in total. The topological polar surface area (TPSA) is 94.2 Å². The molecule has 2 heterocycles. The first-order chi connectivity index (χ1) is 11.5. The second-order valence-corrected chi connectivity index (χ2v) is 6.22. The maximum absolute atomic E-state index is 12.6. The lowest BCUT2D eigenvalue weighted by Gasteiger charge is -2.32. The predicted molar refractivity (Wildman–Crippen MR) is 86.8 cm³/mol. The molecule has 0 unspecified atom stereocenters. The molecule has 1 aromatic heterocycles. The van der Waals surface area contributed by atoms with E-state index < -0.39 is 4.92 Å². The van der Waals surface area contributed by atoms with Crippen LogP contribution in [0.25, 0.3) is 0 Å². The SMILES string of the molecule is O=C(c1ccc([N+](=O)[O-])c(Cl)c1)N1CCC[C@@H](Cn2ccnn2)C1. The highest BCUT2D eigenvalue weighted by Gasteiger charge is 2.26. The van der Waals surface area contributed by atoms with Gasteiger partial charge in [0.05, 0.1) is 11.1 Å². The van der Waals surface area contributed by atoms with Gasteiger partial charge in [-0.3, -0.25) is 19.6 Å². The van der Waals surface area contributed by atoms with Crippen LogP contribution in [0.2, 0.25) is 5.02 Å². The van der Waals surface area contributed by atoms with Crippen LogP contribution in [0.1, 0.15) is 23.2 Å². The Bertz CT molecular complexity index is 750. The smallest absolute Gasteiger partial charge is 0.287 e. The van der Waals surface area contributed by atoms with Gasteiger partial charge in [-0.2, -0.15) is 0 Å². The zero-order chi connectivity index (χ0) is 17.1. The summed E-state index contributed by atoms with van der Waals surface area (Å²) in [6.07, 6.45) is 5.36. The molecule has 1 fully saturated rings. The number of hydrogen-bond acceptors (Lipinski definition) is 5. The highest BCUT2D eigenvalue weighted by atomic mass is 35.5. The van der Waals surface area contributed by atoms with Gasteiger partial charge in [0.2, 0.25) is 0 Å². The minimum atomic E-state index is -0.564. The van der Waals surface area contributed by atoms with E-state index in [1.807, 2.05) is 0 Å². The van der Waals surface area contributed by atoms with Crippen molar-refractivity contribution in [3.05, 3.63) is 51.3 Å². The van der Waals surface area contributed by atoms with E-state index in [0.29, 0.717) is 31.1 Å². The van der Waals surface area contributed by atoms with Crippen molar-refractivity contribution in [2.75, 3.05) is 13.1 Å². The highest BCUT2D eigenvalue weighted by molar-refractivity contribution is 6.33. The van der Waals surface area contributed by atoms with Gasteiger partial charge in [-0.25, -0.2) is 0 Å². The maximum atomic E-state index is 12.6. The monoisotopic (exact) mass is 349 g/mol. The number of carbonyl (C=O) groups is 1. The Morgan fingerprint density at radius 3 is 2.96 bits per heavy atom. The Labute approximate surface area is 143 Å². The van der Waals surface area contributed by atoms with E-state index >= 15 is 0 Å². The Morgan fingerprint density at radius 1 is 1.46 bits per heavy atom. The van der Waals surface area contributed by atoms with E-state index in [4.69, 9.17) is 11.6 Å². The van der Waals surface area contributed by atoms with Crippen LogP contribution in [0.15, 0.2) is 30.6 Å². The van der Waals surface area contributed by atoms with Crippen LogP contribution in [0.4, 0.5) is 5.69 Å². The molecule has 1 aromatic carbocycles. The first-order valence-electron chi connectivity index (χ1n) is 7.62. The number of nitro benzene ring substituents is 1. The summed E-state index contributed by atoms with van der Waals surface area (Å²) < 4.78 is 1.77. The molecule has 1 aliphatic rings. The number of nitro groups is 1. The number of hydrogen-bond donors (Lipinski definition) is 0. The molecule has 1 atom stereocenters. The predicted octanol–water partition coefficient (Wildman–Crippen LogP) is 2.39. The summed E-state index contributed by atoms with van der Waals surface area (Å²) in [5.41, 5.74) is 0.169. The van der Waals surface area contributed by atoms with Crippen LogP contribution in [-0.4, -0.2) is 43.8 Å². The van der Waals surface area contributed by atoms with Gasteiger partial charge in [0, 0.05) is 37.5 Å². The fourth-order valence-electron chi connectivity index (χ4n) is 2.96. The minimum absolute atomic E-state index is 0.0259. The van der Waals surface area contributed by atoms with E-state index in [1.165, 1.54) is 18.2 Å².